The number of hydrogen-bond donors (Lipinski definition) is 0. The number of nitrogens with zero attached hydrogens (tertiary/aromatic N) is 1. The van der Waals surface area contributed by atoms with E-state index in [1.54, 1.807) is 0 Å². The van der Waals surface area contributed by atoms with Gasteiger partial charge < -0.3 is 4.90 Å². The van der Waals surface area contributed by atoms with Crippen molar-refractivity contribution in [3.63, 3.8) is 0 Å². The van der Waals surface area contributed by atoms with Gasteiger partial charge in [-0.25, -0.2) is 0 Å². The summed E-state index contributed by atoms with van der Waals surface area (Å²) in [6.07, 6.45) is 4.23. The van der Waals surface area contributed by atoms with Crippen LogP contribution in [-0.2, 0) is 0 Å². The van der Waals surface area contributed by atoms with Gasteiger partial charge in [0.15, 0.2) is 0 Å². The van der Waals surface area contributed by atoms with Gasteiger partial charge in [0, 0.05) is 37.7 Å². The van der Waals surface area contributed by atoms with E-state index in [2.05, 4.69) is 18.9 Å². The molecule has 10 heavy (non-hydrogen) atoms. The average Bonchev–Trinajstić information content (AvgIpc) is 1.97. The summed E-state index contributed by atoms with van der Waals surface area (Å²) < 4.78 is 0. The molecule has 1 atom stereocenters. The summed E-state index contributed by atoms with van der Waals surface area (Å²) in [6, 6.07) is 0. The van der Waals surface area contributed by atoms with Crippen LogP contribution in [-0.4, -0.2) is 25.0 Å². The maximum atomic E-state index is 2.43. The summed E-state index contributed by atoms with van der Waals surface area (Å²) in [5, 5.41) is 0. The van der Waals surface area contributed by atoms with Crippen molar-refractivity contribution in [2.45, 2.75) is 26.2 Å². The van der Waals surface area contributed by atoms with E-state index in [1.807, 2.05) is 0 Å². The van der Waals surface area contributed by atoms with Gasteiger partial charge in [0.1, 0.15) is 0 Å². The van der Waals surface area contributed by atoms with Gasteiger partial charge >= 0.3 is 0 Å². The van der Waals surface area contributed by atoms with Gasteiger partial charge in [0.05, 0.1) is 0 Å². The van der Waals surface area contributed by atoms with Crippen LogP contribution in [0.1, 0.15) is 26.2 Å². The first-order valence-electron chi connectivity index (χ1n) is 3.97. The zero-order valence-electron chi connectivity index (χ0n) is 6.91. The Kier molecular flexibility index (Phi) is 6.53. The molecule has 1 aliphatic heterocycles. The van der Waals surface area contributed by atoms with E-state index >= 15 is 0 Å². The van der Waals surface area contributed by atoms with Crippen LogP contribution in [0.4, 0.5) is 0 Å². The molecule has 1 aliphatic rings. The molecule has 2 heteroatoms. The van der Waals surface area contributed by atoms with Crippen LogP contribution in [0.15, 0.2) is 0 Å². The number of hydrogen-bond acceptors (Lipinski definition) is 1. The third-order valence-corrected chi connectivity index (χ3v) is 2.24. The van der Waals surface area contributed by atoms with E-state index in [0.29, 0.717) is 0 Å². The second-order valence-electron chi connectivity index (χ2n) is 3.34. The van der Waals surface area contributed by atoms with Crippen molar-refractivity contribution in [1.82, 2.24) is 4.90 Å². The van der Waals surface area contributed by atoms with Gasteiger partial charge in [0.2, 0.25) is 0 Å². The molecule has 0 aromatic carbocycles. The minimum atomic E-state index is 0. The van der Waals surface area contributed by atoms with Crippen molar-refractivity contribution in [2.75, 3.05) is 20.1 Å². The molecule has 0 radical (unpaired) electrons. The quantitative estimate of drug-likeness (QED) is 0.531. The van der Waals surface area contributed by atoms with Gasteiger partial charge in [-0.15, -0.1) is 0 Å². The second kappa shape index (κ2) is 5.82. The normalized spacial score (nSPS) is 28.8. The topological polar surface area (TPSA) is 3.24 Å². The first-order chi connectivity index (χ1) is 4.29. The molecule has 1 unspecified atom stereocenters. The molecule has 0 aliphatic carbocycles. The molecular formula is C8H17ArN. The monoisotopic (exact) mass is 167 g/mol. The molecule has 1 fully saturated rings. The van der Waals surface area contributed by atoms with Crippen LogP contribution in [0.3, 0.4) is 0 Å². The Hall–Kier alpha value is 1.22. The molecule has 1 heterocycles. The molecule has 1 rings (SSSR count). The molecule has 0 aromatic rings. The molecule has 62 valence electrons. The van der Waals surface area contributed by atoms with E-state index in [9.17, 15) is 0 Å². The zero-order valence-corrected chi connectivity index (χ0v) is 7.62. The van der Waals surface area contributed by atoms with Gasteiger partial charge in [-0.05, 0) is 45.3 Å². The van der Waals surface area contributed by atoms with E-state index in [4.69, 9.17) is 0 Å². The molecule has 0 spiro atoms. The van der Waals surface area contributed by atoms with Crippen LogP contribution < -0.4 is 0 Å². The standard InChI is InChI=1S/C8H17N.Ar/c1-8-4-3-6-9(2)7-5-8;/h8H,3-7H2,1-2H3;. The average molecular weight is 167 g/mol. The van der Waals surface area contributed by atoms with Crippen molar-refractivity contribution in [2.24, 2.45) is 5.92 Å². The second-order valence-corrected chi connectivity index (χ2v) is 3.34. The van der Waals surface area contributed by atoms with Crippen molar-refractivity contribution in [3.8, 4) is 0 Å². The van der Waals surface area contributed by atoms with E-state index in [0.717, 1.165) is 5.92 Å². The maximum absolute atomic E-state index is 2.43. The van der Waals surface area contributed by atoms with E-state index in [-0.39, 0.29) is 37.7 Å². The Morgan fingerprint density at radius 2 is 1.90 bits per heavy atom. The third kappa shape index (κ3) is 4.17. The fourth-order valence-electron chi connectivity index (χ4n) is 1.41. The van der Waals surface area contributed by atoms with E-state index < -0.39 is 0 Å². The molecule has 0 aromatic heterocycles. The molecule has 1 nitrogen and oxygen atoms in total. The summed E-state index contributed by atoms with van der Waals surface area (Å²) >= 11 is 0. The number of rotatable bonds is 0. The minimum Gasteiger partial charge on any atom is -0.306 e. The van der Waals surface area contributed by atoms with E-state index in [1.165, 1.54) is 32.4 Å². The van der Waals surface area contributed by atoms with Crippen molar-refractivity contribution in [1.29, 1.82) is 0 Å². The van der Waals surface area contributed by atoms with Crippen molar-refractivity contribution >= 4 is 0 Å². The molecule has 0 bridgehead atoms. The van der Waals surface area contributed by atoms with Gasteiger partial charge in [-0.2, -0.15) is 0 Å². The van der Waals surface area contributed by atoms with Crippen LogP contribution in [0.25, 0.3) is 0 Å². The molecular weight excluding hydrogens is 150 g/mol. The van der Waals surface area contributed by atoms with Gasteiger partial charge in [0.25, 0.3) is 0 Å². The number of likely N-dealkylation sites (tertiary alicyclic amines) is 1. The Bertz CT molecular complexity index is 75.3. The Labute approximate surface area is 94.2 Å². The first kappa shape index (κ1) is 11.2. The fraction of sp³-hybridized carbons (Fsp3) is 1.00. The van der Waals surface area contributed by atoms with Crippen molar-refractivity contribution in [3.05, 3.63) is 0 Å². The molecule has 0 saturated carbocycles. The summed E-state index contributed by atoms with van der Waals surface area (Å²) in [6.45, 7) is 4.98. The van der Waals surface area contributed by atoms with Gasteiger partial charge in [-0.1, -0.05) is 6.92 Å². The minimum absolute atomic E-state index is 0. The Morgan fingerprint density at radius 1 is 1.20 bits per heavy atom. The fourth-order valence-corrected chi connectivity index (χ4v) is 1.41. The maximum Gasteiger partial charge on any atom is 0 e. The van der Waals surface area contributed by atoms with Crippen LogP contribution >= 0.6 is 0 Å². The zero-order chi connectivity index (χ0) is 6.69. The first-order valence-corrected chi connectivity index (χ1v) is 3.97. The predicted octanol–water partition coefficient (Wildman–Crippen LogP) is 1.74. The summed E-state index contributed by atoms with van der Waals surface area (Å²) in [7, 11) is 2.22. The Morgan fingerprint density at radius 3 is 2.60 bits per heavy atom. The predicted molar refractivity (Wildman–Crippen MR) is 40.5 cm³/mol. The van der Waals surface area contributed by atoms with Crippen LogP contribution in [0, 0.1) is 43.7 Å². The summed E-state index contributed by atoms with van der Waals surface area (Å²) in [4.78, 5) is 2.43. The molecule has 1 saturated heterocycles. The molecule has 0 N–H and O–H groups in total. The largest absolute Gasteiger partial charge is 0.306 e. The van der Waals surface area contributed by atoms with Crippen LogP contribution in [0.2, 0.25) is 0 Å². The van der Waals surface area contributed by atoms with Crippen LogP contribution in [0.5, 0.6) is 0 Å². The van der Waals surface area contributed by atoms with Crippen molar-refractivity contribution < 1.29 is 37.7 Å². The smallest absolute Gasteiger partial charge is 0 e. The SMILES string of the molecule is CC1CCCN(C)CC1.[Ar]. The summed E-state index contributed by atoms with van der Waals surface area (Å²) in [5.74, 6) is 0.968. The summed E-state index contributed by atoms with van der Waals surface area (Å²) in [5.41, 5.74) is 0. The van der Waals surface area contributed by atoms with Gasteiger partial charge in [-0.3, -0.25) is 0 Å². The third-order valence-electron chi connectivity index (χ3n) is 2.24. The molecule has 0 amide bonds. The Balaban J connectivity index is 0.000000810.